The van der Waals surface area contributed by atoms with Gasteiger partial charge in [-0.05, 0) is 76.7 Å². The predicted octanol–water partition coefficient (Wildman–Crippen LogP) is 8.04. The van der Waals surface area contributed by atoms with Crippen molar-refractivity contribution < 1.29 is 4.74 Å². The monoisotopic (exact) mass is 418 g/mol. The largest absolute Gasteiger partial charge is 0.494 e. The normalized spacial score (nSPS) is 10.6. The van der Waals surface area contributed by atoms with Crippen molar-refractivity contribution in [2.45, 2.75) is 39.5 Å². The van der Waals surface area contributed by atoms with E-state index in [1.807, 2.05) is 0 Å². The van der Waals surface area contributed by atoms with Gasteiger partial charge in [0.1, 0.15) is 5.75 Å². The summed E-state index contributed by atoms with van der Waals surface area (Å²) in [6.07, 6.45) is 4.60. The Balaban J connectivity index is 1.44. The smallest absolute Gasteiger partial charge is 0.119 e. The van der Waals surface area contributed by atoms with Gasteiger partial charge in [-0.15, -0.1) is 0 Å². The zero-order valence-corrected chi connectivity index (χ0v) is 19.0. The maximum atomic E-state index is 5.88. The Hall–Kier alpha value is -3.50. The van der Waals surface area contributed by atoms with Gasteiger partial charge in [-0.25, -0.2) is 0 Å². The number of unbranched alkanes of at least 4 members (excludes halogenated alkanes) is 2. The molecular weight excluding hydrogens is 388 g/mol. The van der Waals surface area contributed by atoms with Crippen molar-refractivity contribution in [3.05, 3.63) is 102 Å². The molecule has 0 aliphatic rings. The molecule has 0 saturated heterocycles. The fraction of sp³-hybridized carbons (Fsp3) is 0.226. The first kappa shape index (κ1) is 21.7. The molecule has 0 spiro atoms. The van der Waals surface area contributed by atoms with Gasteiger partial charge in [0.15, 0.2) is 0 Å². The van der Waals surface area contributed by atoms with E-state index in [2.05, 4.69) is 111 Å². The summed E-state index contributed by atoms with van der Waals surface area (Å²) in [5, 5.41) is 2.37. The maximum absolute atomic E-state index is 5.88. The van der Waals surface area contributed by atoms with Crippen molar-refractivity contribution >= 4 is 10.8 Å². The van der Waals surface area contributed by atoms with Gasteiger partial charge in [0, 0.05) is 11.1 Å². The molecule has 0 fully saturated rings. The molecule has 0 amide bonds. The number of aryl methyl sites for hydroxylation is 1. The van der Waals surface area contributed by atoms with Gasteiger partial charge in [-0.1, -0.05) is 87.1 Å². The van der Waals surface area contributed by atoms with Crippen LogP contribution in [0.25, 0.3) is 21.9 Å². The molecule has 1 nitrogen and oxygen atoms in total. The Bertz CT molecular complexity index is 1220. The van der Waals surface area contributed by atoms with Crippen molar-refractivity contribution in [3.8, 4) is 28.7 Å². The molecule has 0 aromatic heterocycles. The summed E-state index contributed by atoms with van der Waals surface area (Å²) in [6, 6.07) is 29.9. The van der Waals surface area contributed by atoms with Crippen molar-refractivity contribution in [3.63, 3.8) is 0 Å². The maximum Gasteiger partial charge on any atom is 0.119 e. The molecule has 160 valence electrons. The van der Waals surface area contributed by atoms with Crippen LogP contribution in [0.1, 0.15) is 49.8 Å². The summed E-state index contributed by atoms with van der Waals surface area (Å²) in [6.45, 7) is 5.17. The molecule has 32 heavy (non-hydrogen) atoms. The highest BCUT2D eigenvalue weighted by atomic mass is 16.5. The minimum Gasteiger partial charge on any atom is -0.494 e. The predicted molar refractivity (Wildman–Crippen MR) is 136 cm³/mol. The van der Waals surface area contributed by atoms with Crippen LogP contribution in [-0.4, -0.2) is 6.61 Å². The van der Waals surface area contributed by atoms with E-state index in [1.54, 1.807) is 0 Å². The second-order valence-corrected chi connectivity index (χ2v) is 8.16. The topological polar surface area (TPSA) is 9.23 Å². The van der Waals surface area contributed by atoms with E-state index in [0.29, 0.717) is 0 Å². The highest BCUT2D eigenvalue weighted by Gasteiger charge is 2.00. The van der Waals surface area contributed by atoms with Crippen LogP contribution in [0.2, 0.25) is 0 Å². The average molecular weight is 419 g/mol. The molecule has 0 unspecified atom stereocenters. The first-order chi connectivity index (χ1) is 15.7. The minimum atomic E-state index is 0.783. The average Bonchev–Trinajstić information content (AvgIpc) is 2.85. The molecular formula is C31H30O. The lowest BCUT2D eigenvalue weighted by molar-refractivity contribution is 0.306. The van der Waals surface area contributed by atoms with E-state index in [1.165, 1.54) is 40.3 Å². The van der Waals surface area contributed by atoms with Crippen molar-refractivity contribution in [1.82, 2.24) is 0 Å². The third kappa shape index (κ3) is 5.59. The van der Waals surface area contributed by atoms with Gasteiger partial charge in [-0.2, -0.15) is 0 Å². The Kier molecular flexibility index (Phi) is 7.26. The molecule has 0 atom stereocenters. The summed E-state index contributed by atoms with van der Waals surface area (Å²) in [5.74, 6) is 7.55. The quantitative estimate of drug-likeness (QED) is 0.218. The molecule has 1 heteroatoms. The third-order valence-electron chi connectivity index (χ3n) is 5.76. The van der Waals surface area contributed by atoms with Gasteiger partial charge in [0.05, 0.1) is 6.61 Å². The Morgan fingerprint density at radius 1 is 0.625 bits per heavy atom. The van der Waals surface area contributed by atoms with Crippen LogP contribution in [0.3, 0.4) is 0 Å². The van der Waals surface area contributed by atoms with Crippen LogP contribution in [0.5, 0.6) is 5.75 Å². The van der Waals surface area contributed by atoms with Crippen molar-refractivity contribution in [1.29, 1.82) is 0 Å². The highest BCUT2D eigenvalue weighted by molar-refractivity contribution is 5.85. The van der Waals surface area contributed by atoms with Gasteiger partial charge in [0.2, 0.25) is 0 Å². The summed E-state index contributed by atoms with van der Waals surface area (Å²) in [5.41, 5.74) is 5.87. The fourth-order valence-corrected chi connectivity index (χ4v) is 3.76. The zero-order valence-electron chi connectivity index (χ0n) is 19.0. The summed E-state index contributed by atoms with van der Waals surface area (Å²) in [7, 11) is 0. The fourth-order valence-electron chi connectivity index (χ4n) is 3.76. The van der Waals surface area contributed by atoms with Gasteiger partial charge >= 0.3 is 0 Å². The lowest BCUT2D eigenvalue weighted by Gasteiger charge is -2.07. The molecule has 0 heterocycles. The summed E-state index contributed by atoms with van der Waals surface area (Å²) < 4.78 is 5.88. The van der Waals surface area contributed by atoms with Crippen LogP contribution in [-0.2, 0) is 6.42 Å². The van der Waals surface area contributed by atoms with Gasteiger partial charge in [-0.3, -0.25) is 0 Å². The van der Waals surface area contributed by atoms with E-state index in [0.717, 1.165) is 36.3 Å². The molecule has 0 aliphatic carbocycles. The second kappa shape index (κ2) is 10.7. The third-order valence-corrected chi connectivity index (χ3v) is 5.76. The summed E-state index contributed by atoms with van der Waals surface area (Å²) >= 11 is 0. The standard InChI is InChI=1S/C31H30O/c1-3-5-6-21-32-31-20-19-29-22-26(13-18-30(29)23-31)8-7-25-11-16-28(17-12-25)27-14-9-24(4-2)10-15-27/h9-20,22-23H,3-6,21H2,1-2H3. The Morgan fingerprint density at radius 3 is 1.97 bits per heavy atom. The van der Waals surface area contributed by atoms with Crippen molar-refractivity contribution in [2.24, 2.45) is 0 Å². The molecule has 0 aliphatic heterocycles. The number of hydrogen-bond acceptors (Lipinski definition) is 1. The van der Waals surface area contributed by atoms with Gasteiger partial charge < -0.3 is 4.74 Å². The van der Waals surface area contributed by atoms with Crippen LogP contribution in [0.15, 0.2) is 84.9 Å². The molecule has 0 saturated carbocycles. The molecule has 0 radical (unpaired) electrons. The minimum absolute atomic E-state index is 0.783. The molecule has 4 rings (SSSR count). The number of rotatable bonds is 7. The zero-order chi connectivity index (χ0) is 22.2. The van der Waals surface area contributed by atoms with E-state index < -0.39 is 0 Å². The van der Waals surface area contributed by atoms with Crippen molar-refractivity contribution in [2.75, 3.05) is 6.61 Å². The lowest BCUT2D eigenvalue weighted by atomic mass is 10.0. The molecule has 0 N–H and O–H groups in total. The molecule has 4 aromatic carbocycles. The van der Waals surface area contributed by atoms with E-state index in [-0.39, 0.29) is 0 Å². The van der Waals surface area contributed by atoms with E-state index >= 15 is 0 Å². The number of hydrogen-bond donors (Lipinski definition) is 0. The number of fused-ring (bicyclic) bond motifs is 1. The SMILES string of the molecule is CCCCCOc1ccc2cc(C#Cc3ccc(-c4ccc(CC)cc4)cc3)ccc2c1. The lowest BCUT2D eigenvalue weighted by Crippen LogP contribution is -1.96. The highest BCUT2D eigenvalue weighted by Crippen LogP contribution is 2.23. The van der Waals surface area contributed by atoms with E-state index in [4.69, 9.17) is 4.74 Å². The van der Waals surface area contributed by atoms with Crippen LogP contribution in [0, 0.1) is 11.8 Å². The van der Waals surface area contributed by atoms with E-state index in [9.17, 15) is 0 Å². The first-order valence-corrected chi connectivity index (χ1v) is 11.6. The number of ether oxygens (including phenoxy) is 1. The Morgan fingerprint density at radius 2 is 1.25 bits per heavy atom. The number of benzene rings is 4. The second-order valence-electron chi connectivity index (χ2n) is 8.16. The van der Waals surface area contributed by atoms with Crippen LogP contribution < -0.4 is 4.74 Å². The van der Waals surface area contributed by atoms with Crippen LogP contribution >= 0.6 is 0 Å². The first-order valence-electron chi connectivity index (χ1n) is 11.6. The summed E-state index contributed by atoms with van der Waals surface area (Å²) in [4.78, 5) is 0. The molecule has 4 aromatic rings. The van der Waals surface area contributed by atoms with Gasteiger partial charge in [0.25, 0.3) is 0 Å². The Labute approximate surface area is 192 Å². The molecule has 0 bridgehead atoms. The van der Waals surface area contributed by atoms with Crippen LogP contribution in [0.4, 0.5) is 0 Å².